The topological polar surface area (TPSA) is 29.9 Å². The van der Waals surface area contributed by atoms with Crippen LogP contribution in [0.25, 0.3) is 0 Å². The van der Waals surface area contributed by atoms with Crippen LogP contribution < -0.4 is 5.32 Å². The Balaban J connectivity index is 1.95. The van der Waals surface area contributed by atoms with Crippen molar-refractivity contribution < 1.29 is 0 Å². The first-order chi connectivity index (χ1) is 7.38. The maximum Gasteiger partial charge on any atom is 0.0795 e. The second-order valence-electron chi connectivity index (χ2n) is 3.45. The van der Waals surface area contributed by atoms with Crippen LogP contribution in [0.5, 0.6) is 0 Å². The van der Waals surface area contributed by atoms with E-state index in [1.165, 1.54) is 5.56 Å². The van der Waals surface area contributed by atoms with Crippen LogP contribution >= 0.6 is 11.3 Å². The first kappa shape index (κ1) is 10.4. The van der Waals surface area contributed by atoms with E-state index in [0.717, 1.165) is 25.3 Å². The molecule has 0 aromatic carbocycles. The number of hydrogen-bond donors (Lipinski definition) is 1. The molecule has 0 atom stereocenters. The molecule has 0 aliphatic carbocycles. The fraction of sp³-hybridized carbons (Fsp3) is 0.364. The molecule has 2 aromatic rings. The van der Waals surface area contributed by atoms with Crippen molar-refractivity contribution in [1.82, 2.24) is 14.9 Å². The second-order valence-corrected chi connectivity index (χ2v) is 4.17. The zero-order chi connectivity index (χ0) is 10.5. The molecule has 2 rings (SSSR count). The number of nitrogens with zero attached hydrogens (tertiary/aromatic N) is 2. The molecule has 0 radical (unpaired) electrons. The Labute approximate surface area is 93.8 Å². The van der Waals surface area contributed by atoms with E-state index in [1.807, 2.05) is 5.51 Å². The van der Waals surface area contributed by atoms with Gasteiger partial charge in [-0.1, -0.05) is 6.92 Å². The van der Waals surface area contributed by atoms with E-state index in [1.54, 1.807) is 11.3 Å². The summed E-state index contributed by atoms with van der Waals surface area (Å²) in [5.74, 6) is 0. The van der Waals surface area contributed by atoms with E-state index < -0.39 is 0 Å². The summed E-state index contributed by atoms with van der Waals surface area (Å²) in [4.78, 5) is 4.26. The summed E-state index contributed by atoms with van der Waals surface area (Å²) in [5, 5.41) is 5.40. The summed E-state index contributed by atoms with van der Waals surface area (Å²) in [6, 6.07) is 2.15. The Bertz CT molecular complexity index is 392. The Hall–Kier alpha value is -1.13. The molecule has 2 heterocycles. The summed E-state index contributed by atoms with van der Waals surface area (Å²) < 4.78 is 2.17. The second kappa shape index (κ2) is 5.09. The minimum Gasteiger partial charge on any atom is -0.348 e. The third-order valence-corrected chi connectivity index (χ3v) is 2.85. The number of aromatic nitrogens is 2. The summed E-state index contributed by atoms with van der Waals surface area (Å²) in [6.07, 6.45) is 4.27. The standard InChI is InChI=1S/C11H15N3S/c1-2-12-5-10-3-4-14(6-10)7-11-8-15-9-13-11/h3-4,6,8-9,12H,2,5,7H2,1H3. The predicted molar refractivity (Wildman–Crippen MR) is 63.0 cm³/mol. The Kier molecular flexibility index (Phi) is 3.53. The van der Waals surface area contributed by atoms with Crippen LogP contribution in [0, 0.1) is 0 Å². The van der Waals surface area contributed by atoms with Crippen molar-refractivity contribution >= 4 is 11.3 Å². The van der Waals surface area contributed by atoms with Gasteiger partial charge in [0, 0.05) is 24.3 Å². The van der Waals surface area contributed by atoms with E-state index in [9.17, 15) is 0 Å². The van der Waals surface area contributed by atoms with Crippen LogP contribution in [-0.2, 0) is 13.1 Å². The molecule has 0 fully saturated rings. The maximum absolute atomic E-state index is 4.26. The molecule has 0 saturated heterocycles. The van der Waals surface area contributed by atoms with Crippen molar-refractivity contribution in [3.8, 4) is 0 Å². The van der Waals surface area contributed by atoms with Crippen LogP contribution in [0.4, 0.5) is 0 Å². The molecule has 2 aromatic heterocycles. The molecule has 0 saturated carbocycles. The van der Waals surface area contributed by atoms with Crippen molar-refractivity contribution in [3.05, 3.63) is 40.6 Å². The number of nitrogens with one attached hydrogen (secondary N) is 1. The summed E-state index contributed by atoms with van der Waals surface area (Å²) in [5.41, 5.74) is 4.33. The average molecular weight is 221 g/mol. The van der Waals surface area contributed by atoms with Crippen molar-refractivity contribution in [3.63, 3.8) is 0 Å². The van der Waals surface area contributed by atoms with Gasteiger partial charge in [-0.2, -0.15) is 0 Å². The highest BCUT2D eigenvalue weighted by Crippen LogP contribution is 2.06. The Morgan fingerprint density at radius 3 is 3.20 bits per heavy atom. The van der Waals surface area contributed by atoms with Gasteiger partial charge < -0.3 is 9.88 Å². The molecule has 80 valence electrons. The highest BCUT2D eigenvalue weighted by Gasteiger charge is 1.98. The zero-order valence-electron chi connectivity index (χ0n) is 8.81. The molecular weight excluding hydrogens is 206 g/mol. The highest BCUT2D eigenvalue weighted by molar-refractivity contribution is 7.07. The average Bonchev–Trinajstić information content (AvgIpc) is 2.87. The number of thiazole rings is 1. The lowest BCUT2D eigenvalue weighted by molar-refractivity contribution is 0.720. The monoisotopic (exact) mass is 221 g/mol. The van der Waals surface area contributed by atoms with Crippen LogP contribution in [0.1, 0.15) is 18.2 Å². The van der Waals surface area contributed by atoms with E-state index in [0.29, 0.717) is 0 Å². The van der Waals surface area contributed by atoms with Gasteiger partial charge in [-0.15, -0.1) is 11.3 Å². The molecular formula is C11H15N3S. The van der Waals surface area contributed by atoms with Crippen LogP contribution in [0.15, 0.2) is 29.4 Å². The minimum atomic E-state index is 0.871. The normalized spacial score (nSPS) is 10.7. The molecule has 0 aliphatic heterocycles. The summed E-state index contributed by atoms with van der Waals surface area (Å²) >= 11 is 1.64. The molecule has 0 unspecified atom stereocenters. The largest absolute Gasteiger partial charge is 0.348 e. The number of rotatable bonds is 5. The molecule has 0 amide bonds. The molecule has 0 spiro atoms. The van der Waals surface area contributed by atoms with Crippen molar-refractivity contribution in [2.75, 3.05) is 6.54 Å². The molecule has 0 aliphatic rings. The van der Waals surface area contributed by atoms with Crippen molar-refractivity contribution in [2.24, 2.45) is 0 Å². The van der Waals surface area contributed by atoms with E-state index in [-0.39, 0.29) is 0 Å². The molecule has 15 heavy (non-hydrogen) atoms. The maximum atomic E-state index is 4.26. The van der Waals surface area contributed by atoms with Gasteiger partial charge in [-0.25, -0.2) is 4.98 Å². The molecule has 3 nitrogen and oxygen atoms in total. The lowest BCUT2D eigenvalue weighted by Gasteiger charge is -1.99. The molecule has 4 heteroatoms. The van der Waals surface area contributed by atoms with Gasteiger partial charge in [-0.3, -0.25) is 0 Å². The SMILES string of the molecule is CCNCc1ccn(Cc2cscn2)c1. The van der Waals surface area contributed by atoms with E-state index >= 15 is 0 Å². The fourth-order valence-corrected chi connectivity index (χ4v) is 2.02. The van der Waals surface area contributed by atoms with Crippen LogP contribution in [-0.4, -0.2) is 16.1 Å². The van der Waals surface area contributed by atoms with Crippen LogP contribution in [0.2, 0.25) is 0 Å². The van der Waals surface area contributed by atoms with Gasteiger partial charge in [0.25, 0.3) is 0 Å². The number of hydrogen-bond acceptors (Lipinski definition) is 3. The summed E-state index contributed by atoms with van der Waals surface area (Å²) in [6.45, 7) is 4.94. The van der Waals surface area contributed by atoms with Gasteiger partial charge in [0.15, 0.2) is 0 Å². The molecule has 0 bridgehead atoms. The predicted octanol–water partition coefficient (Wildman–Crippen LogP) is 2.10. The fourth-order valence-electron chi connectivity index (χ4n) is 1.47. The van der Waals surface area contributed by atoms with E-state index in [4.69, 9.17) is 0 Å². The zero-order valence-corrected chi connectivity index (χ0v) is 9.63. The lowest BCUT2D eigenvalue weighted by Crippen LogP contribution is -2.11. The first-order valence-corrected chi connectivity index (χ1v) is 6.05. The van der Waals surface area contributed by atoms with Gasteiger partial charge in [0.1, 0.15) is 0 Å². The third-order valence-electron chi connectivity index (χ3n) is 2.22. The Morgan fingerprint density at radius 2 is 2.47 bits per heavy atom. The van der Waals surface area contributed by atoms with Gasteiger partial charge in [-0.05, 0) is 18.2 Å². The van der Waals surface area contributed by atoms with Crippen molar-refractivity contribution in [2.45, 2.75) is 20.0 Å². The highest BCUT2D eigenvalue weighted by atomic mass is 32.1. The van der Waals surface area contributed by atoms with Gasteiger partial charge in [0.2, 0.25) is 0 Å². The van der Waals surface area contributed by atoms with Crippen LogP contribution in [0.3, 0.4) is 0 Å². The third kappa shape index (κ3) is 2.91. The van der Waals surface area contributed by atoms with Gasteiger partial charge in [0.05, 0.1) is 17.7 Å². The Morgan fingerprint density at radius 1 is 1.53 bits per heavy atom. The smallest absolute Gasteiger partial charge is 0.0795 e. The first-order valence-electron chi connectivity index (χ1n) is 5.11. The molecule has 1 N–H and O–H groups in total. The van der Waals surface area contributed by atoms with E-state index in [2.05, 4.69) is 45.6 Å². The quantitative estimate of drug-likeness (QED) is 0.838. The lowest BCUT2D eigenvalue weighted by atomic mass is 10.3. The van der Waals surface area contributed by atoms with Crippen molar-refractivity contribution in [1.29, 1.82) is 0 Å². The minimum absolute atomic E-state index is 0.871. The van der Waals surface area contributed by atoms with Gasteiger partial charge >= 0.3 is 0 Å². The summed E-state index contributed by atoms with van der Waals surface area (Å²) in [7, 11) is 0.